The average molecular weight is 360 g/mol. The Morgan fingerprint density at radius 1 is 1.07 bits per heavy atom. The van der Waals surface area contributed by atoms with Crippen LogP contribution in [0.3, 0.4) is 0 Å². The van der Waals surface area contributed by atoms with Gasteiger partial charge in [0.25, 0.3) is 0 Å². The Bertz CT molecular complexity index is 993. The quantitative estimate of drug-likeness (QED) is 0.709. The van der Waals surface area contributed by atoms with Gasteiger partial charge in [0.05, 0.1) is 5.52 Å². The van der Waals surface area contributed by atoms with Gasteiger partial charge in [0.1, 0.15) is 13.2 Å². The highest BCUT2D eigenvalue weighted by atomic mass is 16.6. The van der Waals surface area contributed by atoms with Crippen LogP contribution in [0.25, 0.3) is 17.0 Å². The zero-order chi connectivity index (χ0) is 18.5. The van der Waals surface area contributed by atoms with E-state index in [1.807, 2.05) is 48.5 Å². The van der Waals surface area contributed by atoms with Crippen molar-refractivity contribution in [2.45, 2.75) is 6.42 Å². The zero-order valence-corrected chi connectivity index (χ0v) is 14.9. The maximum absolute atomic E-state index is 12.1. The molecule has 1 aliphatic rings. The molecule has 5 heteroatoms. The molecule has 1 N–H and O–H groups in total. The second-order valence-corrected chi connectivity index (χ2v) is 6.27. The molecule has 1 amide bonds. The van der Waals surface area contributed by atoms with Crippen molar-refractivity contribution in [2.24, 2.45) is 0 Å². The Morgan fingerprint density at radius 2 is 1.93 bits per heavy atom. The summed E-state index contributed by atoms with van der Waals surface area (Å²) in [6.45, 7) is 1.71. The van der Waals surface area contributed by atoms with Gasteiger partial charge in [0.15, 0.2) is 11.5 Å². The zero-order valence-electron chi connectivity index (χ0n) is 14.9. The molecule has 0 atom stereocenters. The fourth-order valence-corrected chi connectivity index (χ4v) is 3.06. The molecule has 0 saturated heterocycles. The monoisotopic (exact) mass is 360 g/mol. The van der Waals surface area contributed by atoms with Crippen LogP contribution >= 0.6 is 0 Å². The van der Waals surface area contributed by atoms with Crippen molar-refractivity contribution in [3.8, 4) is 11.5 Å². The molecule has 5 nitrogen and oxygen atoms in total. The smallest absolute Gasteiger partial charge is 0.244 e. The van der Waals surface area contributed by atoms with Crippen LogP contribution < -0.4 is 14.8 Å². The number of carbonyl (C=O) groups excluding carboxylic acids is 1. The third-order valence-electron chi connectivity index (χ3n) is 4.40. The van der Waals surface area contributed by atoms with Gasteiger partial charge in [-0.15, -0.1) is 0 Å². The minimum Gasteiger partial charge on any atom is -0.486 e. The van der Waals surface area contributed by atoms with Gasteiger partial charge in [0, 0.05) is 29.8 Å². The molecule has 2 aromatic carbocycles. The fraction of sp³-hybridized carbons (Fsp3) is 0.182. The molecular formula is C22H20N2O3. The Labute approximate surface area is 157 Å². The van der Waals surface area contributed by atoms with Crippen molar-refractivity contribution < 1.29 is 14.3 Å². The topological polar surface area (TPSA) is 60.5 Å². The van der Waals surface area contributed by atoms with Gasteiger partial charge >= 0.3 is 0 Å². The van der Waals surface area contributed by atoms with E-state index in [1.54, 1.807) is 18.3 Å². The van der Waals surface area contributed by atoms with Crippen LogP contribution in [-0.2, 0) is 11.2 Å². The van der Waals surface area contributed by atoms with E-state index in [4.69, 9.17) is 9.47 Å². The second-order valence-electron chi connectivity index (χ2n) is 6.27. The fourth-order valence-electron chi connectivity index (χ4n) is 3.06. The number of hydrogen-bond donors (Lipinski definition) is 1. The van der Waals surface area contributed by atoms with E-state index in [0.29, 0.717) is 19.8 Å². The highest BCUT2D eigenvalue weighted by molar-refractivity contribution is 5.95. The molecule has 0 bridgehead atoms. The maximum Gasteiger partial charge on any atom is 0.244 e. The highest BCUT2D eigenvalue weighted by Crippen LogP contribution is 2.30. The van der Waals surface area contributed by atoms with Gasteiger partial charge in [0.2, 0.25) is 5.91 Å². The number of amides is 1. The lowest BCUT2D eigenvalue weighted by Crippen LogP contribution is -2.23. The molecule has 0 spiro atoms. The second kappa shape index (κ2) is 7.91. The third kappa shape index (κ3) is 4.08. The Balaban J connectivity index is 1.34. The highest BCUT2D eigenvalue weighted by Gasteiger charge is 2.11. The molecule has 2 heterocycles. The van der Waals surface area contributed by atoms with Crippen molar-refractivity contribution in [1.29, 1.82) is 0 Å². The van der Waals surface area contributed by atoms with Crippen LogP contribution in [0.15, 0.2) is 60.8 Å². The first-order valence-electron chi connectivity index (χ1n) is 8.98. The lowest BCUT2D eigenvalue weighted by molar-refractivity contribution is -0.116. The summed E-state index contributed by atoms with van der Waals surface area (Å²) in [6, 6.07) is 15.7. The number of aromatic nitrogens is 1. The molecule has 0 saturated carbocycles. The molecule has 0 radical (unpaired) electrons. The van der Waals surface area contributed by atoms with Crippen LogP contribution in [0.1, 0.15) is 11.1 Å². The van der Waals surface area contributed by atoms with Gasteiger partial charge in [-0.2, -0.15) is 0 Å². The van der Waals surface area contributed by atoms with Gasteiger partial charge in [-0.25, -0.2) is 0 Å². The summed E-state index contributed by atoms with van der Waals surface area (Å²) in [4.78, 5) is 16.5. The number of para-hydroxylation sites is 1. The van der Waals surface area contributed by atoms with Crippen LogP contribution in [0.4, 0.5) is 0 Å². The molecule has 136 valence electrons. The largest absolute Gasteiger partial charge is 0.486 e. The van der Waals surface area contributed by atoms with E-state index in [0.717, 1.165) is 39.9 Å². The van der Waals surface area contributed by atoms with E-state index in [2.05, 4.69) is 10.3 Å². The molecule has 1 aromatic heterocycles. The number of ether oxygens (including phenoxy) is 2. The Hall–Kier alpha value is -3.34. The number of carbonyl (C=O) groups is 1. The predicted octanol–water partition coefficient (Wildman–Crippen LogP) is 3.38. The van der Waals surface area contributed by atoms with Crippen molar-refractivity contribution in [2.75, 3.05) is 19.8 Å². The average Bonchev–Trinajstić information content (AvgIpc) is 2.72. The predicted molar refractivity (Wildman–Crippen MR) is 105 cm³/mol. The van der Waals surface area contributed by atoms with Gasteiger partial charge in [-0.3, -0.25) is 9.78 Å². The summed E-state index contributed by atoms with van der Waals surface area (Å²) in [5.41, 5.74) is 2.91. The maximum atomic E-state index is 12.1. The summed E-state index contributed by atoms with van der Waals surface area (Å²) >= 11 is 0. The van der Waals surface area contributed by atoms with Crippen LogP contribution in [0, 0.1) is 0 Å². The summed E-state index contributed by atoms with van der Waals surface area (Å²) < 4.78 is 11.1. The molecule has 0 fully saturated rings. The van der Waals surface area contributed by atoms with Crippen molar-refractivity contribution in [1.82, 2.24) is 10.3 Å². The van der Waals surface area contributed by atoms with Crippen LogP contribution in [-0.4, -0.2) is 30.6 Å². The molecular weight excluding hydrogens is 340 g/mol. The van der Waals surface area contributed by atoms with Crippen molar-refractivity contribution in [3.05, 3.63) is 71.9 Å². The molecule has 27 heavy (non-hydrogen) atoms. The standard InChI is InChI=1S/C22H20N2O3/c25-21(9-7-18-4-1-3-17-5-2-11-24-22(17)18)23-12-10-16-6-8-19-20(15-16)27-14-13-26-19/h1-9,11,15H,10,12-14H2,(H,23,25). The summed E-state index contributed by atoms with van der Waals surface area (Å²) in [5.74, 6) is 1.43. The number of hydrogen-bond acceptors (Lipinski definition) is 4. The minimum absolute atomic E-state index is 0.125. The first-order valence-corrected chi connectivity index (χ1v) is 8.98. The molecule has 1 aliphatic heterocycles. The van der Waals surface area contributed by atoms with E-state index < -0.39 is 0 Å². The Morgan fingerprint density at radius 3 is 2.85 bits per heavy atom. The third-order valence-corrected chi connectivity index (χ3v) is 4.40. The number of fused-ring (bicyclic) bond motifs is 2. The van der Waals surface area contributed by atoms with E-state index in [9.17, 15) is 4.79 Å². The molecule has 3 aromatic rings. The number of nitrogens with zero attached hydrogens (tertiary/aromatic N) is 1. The summed E-state index contributed by atoms with van der Waals surface area (Å²) in [7, 11) is 0. The van der Waals surface area contributed by atoms with Gasteiger partial charge < -0.3 is 14.8 Å². The normalized spacial score (nSPS) is 13.0. The minimum atomic E-state index is -0.125. The molecule has 4 rings (SSSR count). The molecule has 0 unspecified atom stereocenters. The Kier molecular flexibility index (Phi) is 5.01. The van der Waals surface area contributed by atoms with E-state index >= 15 is 0 Å². The number of rotatable bonds is 5. The number of nitrogens with one attached hydrogen (secondary N) is 1. The molecule has 0 aliphatic carbocycles. The SMILES string of the molecule is O=C(C=Cc1cccc2cccnc12)NCCc1ccc2c(c1)OCCO2. The first kappa shape index (κ1) is 17.1. The summed E-state index contributed by atoms with van der Waals surface area (Å²) in [5, 5.41) is 3.97. The summed E-state index contributed by atoms with van der Waals surface area (Å²) in [6.07, 6.45) is 5.83. The van der Waals surface area contributed by atoms with Crippen LogP contribution in [0.5, 0.6) is 11.5 Å². The van der Waals surface area contributed by atoms with Gasteiger partial charge in [-0.05, 0) is 36.3 Å². The lowest BCUT2D eigenvalue weighted by Gasteiger charge is -2.18. The number of pyridine rings is 1. The van der Waals surface area contributed by atoms with E-state index in [1.165, 1.54) is 0 Å². The lowest BCUT2D eigenvalue weighted by atomic mass is 10.1. The van der Waals surface area contributed by atoms with Crippen molar-refractivity contribution >= 4 is 22.9 Å². The number of benzene rings is 2. The van der Waals surface area contributed by atoms with Crippen molar-refractivity contribution in [3.63, 3.8) is 0 Å². The van der Waals surface area contributed by atoms with E-state index in [-0.39, 0.29) is 5.91 Å². The first-order chi connectivity index (χ1) is 13.3. The van der Waals surface area contributed by atoms with Crippen LogP contribution in [0.2, 0.25) is 0 Å². The van der Waals surface area contributed by atoms with Gasteiger partial charge in [-0.1, -0.05) is 30.3 Å².